The van der Waals surface area contributed by atoms with E-state index in [9.17, 15) is 0 Å². The lowest BCUT2D eigenvalue weighted by Crippen LogP contribution is -2.05. The number of rotatable bonds is 5. The van der Waals surface area contributed by atoms with Crippen LogP contribution in [-0.2, 0) is 6.42 Å². The molecule has 98 valence electrons. The summed E-state index contributed by atoms with van der Waals surface area (Å²) in [6, 6.07) is 15.4. The molecule has 0 fully saturated rings. The lowest BCUT2D eigenvalue weighted by atomic mass is 10.0. The van der Waals surface area contributed by atoms with Crippen LogP contribution in [0.1, 0.15) is 11.1 Å². The van der Waals surface area contributed by atoms with E-state index in [1.165, 1.54) is 0 Å². The molecule has 3 nitrogen and oxygen atoms in total. The van der Waals surface area contributed by atoms with Crippen molar-refractivity contribution in [1.82, 2.24) is 0 Å². The topological polar surface area (TPSA) is 42.3 Å². The second kappa shape index (κ2) is 6.05. The second-order valence-corrected chi connectivity index (χ2v) is 4.20. The van der Waals surface area contributed by atoms with Gasteiger partial charge in [-0.25, -0.2) is 0 Å². The van der Waals surface area contributed by atoms with Gasteiger partial charge in [-0.2, -0.15) is 0 Å². The molecule has 0 saturated carbocycles. The van der Waals surface area contributed by atoms with Gasteiger partial charge in [0, 0.05) is 17.7 Å². The van der Waals surface area contributed by atoms with Crippen molar-refractivity contribution in [2.75, 3.05) is 14.2 Å². The number of nitrogens with one attached hydrogen (secondary N) is 1. The minimum absolute atomic E-state index is 0.544. The Kier molecular flexibility index (Phi) is 4.18. The summed E-state index contributed by atoms with van der Waals surface area (Å²) in [6.45, 7) is 0. The van der Waals surface area contributed by atoms with Crippen LogP contribution in [0, 0.1) is 5.41 Å². The highest BCUT2D eigenvalue weighted by Crippen LogP contribution is 2.20. The molecule has 0 saturated heterocycles. The molecule has 0 aromatic heterocycles. The maximum absolute atomic E-state index is 8.20. The number of hydrogen-bond donors (Lipinski definition) is 1. The smallest absolute Gasteiger partial charge is 0.127 e. The highest BCUT2D eigenvalue weighted by atomic mass is 16.5. The first-order chi connectivity index (χ1) is 9.24. The molecule has 0 amide bonds. The predicted octanol–water partition coefficient (Wildman–Crippen LogP) is 3.31. The summed E-state index contributed by atoms with van der Waals surface area (Å²) in [4.78, 5) is 0. The Morgan fingerprint density at radius 3 is 2.26 bits per heavy atom. The summed E-state index contributed by atoms with van der Waals surface area (Å²) < 4.78 is 10.4. The van der Waals surface area contributed by atoms with Crippen molar-refractivity contribution in [3.05, 3.63) is 59.7 Å². The van der Waals surface area contributed by atoms with Gasteiger partial charge in [0.05, 0.1) is 14.2 Å². The van der Waals surface area contributed by atoms with Gasteiger partial charge in [0.15, 0.2) is 0 Å². The Balaban J connectivity index is 2.16. The fraction of sp³-hybridized carbons (Fsp3) is 0.188. The summed E-state index contributed by atoms with van der Waals surface area (Å²) in [5.41, 5.74) is 2.46. The van der Waals surface area contributed by atoms with E-state index in [2.05, 4.69) is 0 Å². The van der Waals surface area contributed by atoms with Crippen molar-refractivity contribution in [3.8, 4) is 11.5 Å². The number of methoxy groups -OCH3 is 2. The minimum Gasteiger partial charge on any atom is -0.497 e. The number of ether oxygens (including phenoxy) is 2. The monoisotopic (exact) mass is 255 g/mol. The van der Waals surface area contributed by atoms with Crippen molar-refractivity contribution in [3.63, 3.8) is 0 Å². The van der Waals surface area contributed by atoms with Gasteiger partial charge >= 0.3 is 0 Å². The lowest BCUT2D eigenvalue weighted by molar-refractivity contribution is 0.413. The first kappa shape index (κ1) is 13.1. The van der Waals surface area contributed by atoms with Crippen LogP contribution < -0.4 is 9.47 Å². The minimum atomic E-state index is 0.544. The lowest BCUT2D eigenvalue weighted by Gasteiger charge is -2.10. The zero-order chi connectivity index (χ0) is 13.7. The normalized spacial score (nSPS) is 10.0. The van der Waals surface area contributed by atoms with Crippen molar-refractivity contribution in [2.45, 2.75) is 6.42 Å². The van der Waals surface area contributed by atoms with Gasteiger partial charge < -0.3 is 14.9 Å². The van der Waals surface area contributed by atoms with Crippen LogP contribution in [0.25, 0.3) is 0 Å². The molecule has 0 aliphatic rings. The predicted molar refractivity (Wildman–Crippen MR) is 76.5 cm³/mol. The maximum atomic E-state index is 8.20. The highest BCUT2D eigenvalue weighted by molar-refractivity contribution is 6.01. The van der Waals surface area contributed by atoms with Gasteiger partial charge in [0.25, 0.3) is 0 Å². The van der Waals surface area contributed by atoms with Crippen molar-refractivity contribution in [2.24, 2.45) is 0 Å². The van der Waals surface area contributed by atoms with E-state index in [-0.39, 0.29) is 0 Å². The van der Waals surface area contributed by atoms with Crippen LogP contribution in [-0.4, -0.2) is 19.9 Å². The van der Waals surface area contributed by atoms with Crippen molar-refractivity contribution < 1.29 is 9.47 Å². The van der Waals surface area contributed by atoms with E-state index >= 15 is 0 Å². The van der Waals surface area contributed by atoms with Gasteiger partial charge in [0.2, 0.25) is 0 Å². The van der Waals surface area contributed by atoms with Crippen LogP contribution in [0.3, 0.4) is 0 Å². The first-order valence-electron chi connectivity index (χ1n) is 6.08. The summed E-state index contributed by atoms with van der Waals surface area (Å²) in [7, 11) is 3.27. The molecule has 0 heterocycles. The van der Waals surface area contributed by atoms with Gasteiger partial charge in [-0.05, 0) is 29.8 Å². The fourth-order valence-electron chi connectivity index (χ4n) is 1.94. The summed E-state index contributed by atoms with van der Waals surface area (Å²) in [5.74, 6) is 1.56. The summed E-state index contributed by atoms with van der Waals surface area (Å²) >= 11 is 0. The van der Waals surface area contributed by atoms with Crippen LogP contribution >= 0.6 is 0 Å². The Morgan fingerprint density at radius 1 is 0.947 bits per heavy atom. The quantitative estimate of drug-likeness (QED) is 0.833. The number of hydrogen-bond acceptors (Lipinski definition) is 3. The molecule has 0 spiro atoms. The summed E-state index contributed by atoms with van der Waals surface area (Å²) in [5, 5.41) is 8.20. The zero-order valence-corrected chi connectivity index (χ0v) is 11.1. The largest absolute Gasteiger partial charge is 0.497 e. The second-order valence-electron chi connectivity index (χ2n) is 4.20. The third-order valence-electron chi connectivity index (χ3n) is 2.97. The molecular formula is C16H17NO2. The molecule has 0 unspecified atom stereocenters. The van der Waals surface area contributed by atoms with E-state index in [1.54, 1.807) is 14.2 Å². The Morgan fingerprint density at radius 2 is 1.63 bits per heavy atom. The third kappa shape index (κ3) is 3.13. The number of para-hydroxylation sites is 1. The molecule has 0 bridgehead atoms. The number of benzene rings is 2. The average Bonchev–Trinajstić information content (AvgIpc) is 2.48. The molecule has 1 N–H and O–H groups in total. The fourth-order valence-corrected chi connectivity index (χ4v) is 1.94. The van der Waals surface area contributed by atoms with Gasteiger partial charge in [0.1, 0.15) is 11.5 Å². The molecule has 0 radical (unpaired) electrons. The van der Waals surface area contributed by atoms with Crippen LogP contribution in [0.5, 0.6) is 11.5 Å². The molecule has 0 atom stereocenters. The summed E-state index contributed by atoms with van der Waals surface area (Å²) in [6.07, 6.45) is 0.574. The third-order valence-corrected chi connectivity index (χ3v) is 2.97. The Labute approximate surface area is 113 Å². The van der Waals surface area contributed by atoms with Crippen LogP contribution in [0.2, 0.25) is 0 Å². The Bertz CT molecular complexity index is 561. The van der Waals surface area contributed by atoms with Gasteiger partial charge in [-0.1, -0.05) is 24.3 Å². The molecule has 2 rings (SSSR count). The molecule has 0 aliphatic carbocycles. The molecule has 3 heteroatoms. The van der Waals surface area contributed by atoms with E-state index < -0.39 is 0 Å². The SMILES string of the molecule is COc1ccc(CC(=N)c2ccccc2OC)cc1. The van der Waals surface area contributed by atoms with Gasteiger partial charge in [-0.15, -0.1) is 0 Å². The molecule has 2 aromatic rings. The average molecular weight is 255 g/mol. The van der Waals surface area contributed by atoms with E-state index in [0.29, 0.717) is 12.1 Å². The van der Waals surface area contributed by atoms with E-state index in [1.807, 2.05) is 48.5 Å². The zero-order valence-electron chi connectivity index (χ0n) is 11.1. The standard InChI is InChI=1S/C16H17NO2/c1-18-13-9-7-12(8-10-13)11-15(17)14-5-3-4-6-16(14)19-2/h3-10,17H,11H2,1-2H3. The molecular weight excluding hydrogens is 238 g/mol. The first-order valence-corrected chi connectivity index (χ1v) is 6.08. The molecule has 2 aromatic carbocycles. The van der Waals surface area contributed by atoms with E-state index in [4.69, 9.17) is 14.9 Å². The molecule has 19 heavy (non-hydrogen) atoms. The maximum Gasteiger partial charge on any atom is 0.127 e. The van der Waals surface area contributed by atoms with Crippen LogP contribution in [0.15, 0.2) is 48.5 Å². The van der Waals surface area contributed by atoms with Crippen molar-refractivity contribution >= 4 is 5.71 Å². The van der Waals surface area contributed by atoms with Crippen LogP contribution in [0.4, 0.5) is 0 Å². The van der Waals surface area contributed by atoms with E-state index in [0.717, 1.165) is 22.6 Å². The highest BCUT2D eigenvalue weighted by Gasteiger charge is 2.08. The van der Waals surface area contributed by atoms with Crippen molar-refractivity contribution in [1.29, 1.82) is 5.41 Å². The molecule has 0 aliphatic heterocycles. The van der Waals surface area contributed by atoms with Gasteiger partial charge in [-0.3, -0.25) is 0 Å². The Hall–Kier alpha value is -2.29.